The number of thiol groups is 1. The quantitative estimate of drug-likeness (QED) is 0.341. The van der Waals surface area contributed by atoms with Crippen molar-refractivity contribution in [2.24, 2.45) is 11.3 Å². The number of hydrogen-bond acceptors (Lipinski definition) is 4. The molecule has 3 rings (SSSR count). The topological polar surface area (TPSA) is 83.5 Å². The van der Waals surface area contributed by atoms with Crippen molar-refractivity contribution in [2.75, 3.05) is 0 Å². The molecule has 0 heterocycles. The van der Waals surface area contributed by atoms with E-state index in [0.29, 0.717) is 12.8 Å². The summed E-state index contributed by atoms with van der Waals surface area (Å²) in [5.74, 6) is -1.71. The van der Waals surface area contributed by atoms with E-state index in [0.717, 1.165) is 36.0 Å². The van der Waals surface area contributed by atoms with Crippen molar-refractivity contribution in [2.45, 2.75) is 63.7 Å². The summed E-state index contributed by atoms with van der Waals surface area (Å²) in [4.78, 5) is 38.6. The first kappa shape index (κ1) is 25.0. The lowest BCUT2D eigenvalue weighted by Gasteiger charge is -2.31. The third-order valence-corrected chi connectivity index (χ3v) is 7.66. The average Bonchev–Trinajstić information content (AvgIpc) is 3.34. The van der Waals surface area contributed by atoms with Gasteiger partial charge in [0.1, 0.15) is 11.5 Å². The van der Waals surface area contributed by atoms with Gasteiger partial charge in [-0.25, -0.2) is 4.79 Å². The Kier molecular flexibility index (Phi) is 8.35. The van der Waals surface area contributed by atoms with Crippen LogP contribution in [0.5, 0.6) is 0 Å². The van der Waals surface area contributed by atoms with E-state index < -0.39 is 28.6 Å². The molecule has 6 heteroatoms. The number of carbonyl (C=O) groups excluding carboxylic acids is 2. The molecule has 1 aliphatic rings. The van der Waals surface area contributed by atoms with Crippen LogP contribution in [-0.2, 0) is 20.8 Å². The molecule has 1 fully saturated rings. The Morgan fingerprint density at radius 1 is 1.00 bits per heavy atom. The fourth-order valence-corrected chi connectivity index (χ4v) is 4.98. The van der Waals surface area contributed by atoms with Gasteiger partial charge in [-0.1, -0.05) is 87.7 Å². The summed E-state index contributed by atoms with van der Waals surface area (Å²) < 4.78 is 0. The molecule has 5 nitrogen and oxygen atoms in total. The zero-order valence-corrected chi connectivity index (χ0v) is 20.2. The zero-order chi connectivity index (χ0) is 24.0. The van der Waals surface area contributed by atoms with Crippen LogP contribution in [0.2, 0.25) is 0 Å². The largest absolute Gasteiger partial charge is 0.480 e. The summed E-state index contributed by atoms with van der Waals surface area (Å²) in [6.45, 7) is 3.95. The molecule has 0 bridgehead atoms. The number of carbonyl (C=O) groups is 3. The highest BCUT2D eigenvalue weighted by atomic mass is 32.1. The minimum absolute atomic E-state index is 0.0458. The molecule has 2 aromatic carbocycles. The lowest BCUT2D eigenvalue weighted by Crippen LogP contribution is -2.53. The van der Waals surface area contributed by atoms with Crippen molar-refractivity contribution >= 4 is 30.3 Å². The van der Waals surface area contributed by atoms with Gasteiger partial charge in [0.15, 0.2) is 5.78 Å². The van der Waals surface area contributed by atoms with Crippen molar-refractivity contribution in [3.63, 3.8) is 0 Å². The minimum atomic E-state index is -1.18. The molecule has 1 amide bonds. The molecular formula is C27H33NO4S. The molecule has 1 aliphatic carbocycles. The van der Waals surface area contributed by atoms with Gasteiger partial charge in [0.05, 0.1) is 5.25 Å². The number of aliphatic carboxylic acids is 1. The molecule has 1 saturated carbocycles. The van der Waals surface area contributed by atoms with Gasteiger partial charge < -0.3 is 10.4 Å². The minimum Gasteiger partial charge on any atom is -0.480 e. The van der Waals surface area contributed by atoms with Gasteiger partial charge in [-0.3, -0.25) is 9.59 Å². The number of carboxylic acids is 1. The van der Waals surface area contributed by atoms with Crippen molar-refractivity contribution in [1.29, 1.82) is 0 Å². The normalized spacial score (nSPS) is 17.7. The predicted octanol–water partition coefficient (Wildman–Crippen LogP) is 4.94. The summed E-state index contributed by atoms with van der Waals surface area (Å²) in [6.07, 6.45) is 3.38. The fraction of sp³-hybridized carbons (Fsp3) is 0.444. The molecule has 2 N–H and O–H groups in total. The lowest BCUT2D eigenvalue weighted by molar-refractivity contribution is -0.147. The summed E-state index contributed by atoms with van der Waals surface area (Å²) in [5, 5.41) is 12.0. The molecule has 3 atom stereocenters. The molecule has 176 valence electrons. The average molecular weight is 468 g/mol. The van der Waals surface area contributed by atoms with Crippen molar-refractivity contribution in [1.82, 2.24) is 5.32 Å². The number of carboxylic acid groups (broad SMARTS) is 1. The van der Waals surface area contributed by atoms with E-state index >= 15 is 0 Å². The molecule has 0 saturated heterocycles. The SMILES string of the molecule is CC[C@H](C)[C@H](S)C(=O)C1(C(=O)N[C@@H](Cc2ccc(-c3ccccc3)cc2)C(=O)O)CCCC1. The highest BCUT2D eigenvalue weighted by Crippen LogP contribution is 2.42. The Bertz CT molecular complexity index is 967. The Morgan fingerprint density at radius 3 is 2.12 bits per heavy atom. The van der Waals surface area contributed by atoms with Crippen LogP contribution in [-0.4, -0.2) is 34.1 Å². The number of benzene rings is 2. The second kappa shape index (κ2) is 11.0. The number of amides is 1. The summed E-state index contributed by atoms with van der Waals surface area (Å²) >= 11 is 4.53. The maximum atomic E-state index is 13.3. The maximum absolute atomic E-state index is 13.3. The molecule has 0 unspecified atom stereocenters. The zero-order valence-electron chi connectivity index (χ0n) is 19.3. The molecule has 33 heavy (non-hydrogen) atoms. The number of rotatable bonds is 10. The summed E-state index contributed by atoms with van der Waals surface area (Å²) in [7, 11) is 0. The third-order valence-electron chi connectivity index (χ3n) is 6.92. The van der Waals surface area contributed by atoms with Gasteiger partial charge in [0.2, 0.25) is 5.91 Å². The van der Waals surface area contributed by atoms with Crippen molar-refractivity contribution < 1.29 is 19.5 Å². The van der Waals surface area contributed by atoms with Crippen LogP contribution in [0.25, 0.3) is 11.1 Å². The Morgan fingerprint density at radius 2 is 1.58 bits per heavy atom. The molecule has 0 aliphatic heterocycles. The second-order valence-electron chi connectivity index (χ2n) is 9.12. The van der Waals surface area contributed by atoms with Crippen LogP contribution in [0.4, 0.5) is 0 Å². The predicted molar refractivity (Wildman–Crippen MR) is 133 cm³/mol. The van der Waals surface area contributed by atoms with E-state index in [4.69, 9.17) is 0 Å². The Labute approximate surface area is 201 Å². The monoisotopic (exact) mass is 467 g/mol. The van der Waals surface area contributed by atoms with Gasteiger partial charge in [0, 0.05) is 6.42 Å². The van der Waals surface area contributed by atoms with Gasteiger partial charge in [-0.2, -0.15) is 12.6 Å². The molecular weight excluding hydrogens is 434 g/mol. The maximum Gasteiger partial charge on any atom is 0.326 e. The Balaban J connectivity index is 1.75. The summed E-state index contributed by atoms with van der Waals surface area (Å²) in [6, 6.07) is 16.5. The number of nitrogens with one attached hydrogen (secondary N) is 1. The van der Waals surface area contributed by atoms with E-state index in [-0.39, 0.29) is 18.1 Å². The van der Waals surface area contributed by atoms with Crippen LogP contribution < -0.4 is 5.32 Å². The number of ketones is 1. The van der Waals surface area contributed by atoms with E-state index in [2.05, 4.69) is 17.9 Å². The first-order valence-corrected chi connectivity index (χ1v) is 12.2. The standard InChI is InChI=1S/C27H33NO4S/c1-3-18(2)23(33)24(29)27(15-7-8-16-27)26(32)28-22(25(30)31)17-19-11-13-21(14-12-19)20-9-5-4-6-10-20/h4-6,9-14,18,22-23,33H,3,7-8,15-17H2,1-2H3,(H,28,32)(H,30,31)/t18-,22-,23-/m0/s1. The third kappa shape index (κ3) is 5.67. The summed E-state index contributed by atoms with van der Waals surface area (Å²) in [5.41, 5.74) is 1.74. The number of Topliss-reactive ketones (excluding diaryl/α,β-unsaturated/α-hetero) is 1. The van der Waals surface area contributed by atoms with Gasteiger partial charge in [-0.15, -0.1) is 0 Å². The van der Waals surface area contributed by atoms with E-state index in [9.17, 15) is 19.5 Å². The second-order valence-corrected chi connectivity index (χ2v) is 9.67. The lowest BCUT2D eigenvalue weighted by atomic mass is 9.76. The van der Waals surface area contributed by atoms with Crippen molar-refractivity contribution in [3.05, 3.63) is 60.2 Å². The van der Waals surface area contributed by atoms with Crippen molar-refractivity contribution in [3.8, 4) is 11.1 Å². The van der Waals surface area contributed by atoms with Gasteiger partial charge in [0.25, 0.3) is 0 Å². The fourth-order valence-electron chi connectivity index (χ4n) is 4.52. The molecule has 0 spiro atoms. The van der Waals surface area contributed by atoms with E-state index in [1.54, 1.807) is 0 Å². The molecule has 2 aromatic rings. The van der Waals surface area contributed by atoms with Gasteiger partial charge in [-0.05, 0) is 35.4 Å². The highest BCUT2D eigenvalue weighted by Gasteiger charge is 2.50. The van der Waals surface area contributed by atoms with Gasteiger partial charge >= 0.3 is 5.97 Å². The van der Waals surface area contributed by atoms with Crippen LogP contribution >= 0.6 is 12.6 Å². The highest BCUT2D eigenvalue weighted by molar-refractivity contribution is 7.81. The van der Waals surface area contributed by atoms with Crippen LogP contribution in [0, 0.1) is 11.3 Å². The first-order chi connectivity index (χ1) is 15.8. The van der Waals surface area contributed by atoms with Crippen LogP contribution in [0.15, 0.2) is 54.6 Å². The smallest absolute Gasteiger partial charge is 0.326 e. The molecule has 0 radical (unpaired) electrons. The number of hydrogen-bond donors (Lipinski definition) is 3. The first-order valence-electron chi connectivity index (χ1n) is 11.7. The van der Waals surface area contributed by atoms with Crippen LogP contribution in [0.3, 0.4) is 0 Å². The van der Waals surface area contributed by atoms with E-state index in [1.165, 1.54) is 0 Å². The van der Waals surface area contributed by atoms with E-state index in [1.807, 2.05) is 68.4 Å². The van der Waals surface area contributed by atoms with Crippen LogP contribution in [0.1, 0.15) is 51.5 Å². The Hall–Kier alpha value is -2.60. The molecule has 0 aromatic heterocycles.